The van der Waals surface area contributed by atoms with E-state index in [2.05, 4.69) is 15.2 Å². The van der Waals surface area contributed by atoms with E-state index < -0.39 is 0 Å². The zero-order valence-electron chi connectivity index (χ0n) is 11.4. The van der Waals surface area contributed by atoms with Crippen LogP contribution in [0.5, 0.6) is 0 Å². The molecular weight excluding hydrogens is 270 g/mol. The van der Waals surface area contributed by atoms with Gasteiger partial charge >= 0.3 is 0 Å². The number of hydrogen-bond donors (Lipinski definition) is 1. The highest BCUT2D eigenvalue weighted by Gasteiger charge is 2.31. The fourth-order valence-corrected chi connectivity index (χ4v) is 3.29. The van der Waals surface area contributed by atoms with E-state index >= 15 is 0 Å². The lowest BCUT2D eigenvalue weighted by Crippen LogP contribution is -2.24. The monoisotopic (exact) mass is 289 g/mol. The van der Waals surface area contributed by atoms with E-state index in [4.69, 9.17) is 4.42 Å². The average Bonchev–Trinajstić information content (AvgIpc) is 3.37. The Kier molecular flexibility index (Phi) is 3.24. The van der Waals surface area contributed by atoms with Crippen LogP contribution in [0.25, 0.3) is 0 Å². The maximum atomic E-state index is 5.48. The SMILES string of the molecule is c1coc(CN(c2ncc(CNC3CC3)s2)C2CC2)c1. The lowest BCUT2D eigenvalue weighted by atomic mass is 10.4. The molecule has 2 aliphatic carbocycles. The predicted octanol–water partition coefficient (Wildman–Crippen LogP) is 3.16. The van der Waals surface area contributed by atoms with Crippen molar-refractivity contribution in [1.82, 2.24) is 10.3 Å². The van der Waals surface area contributed by atoms with Crippen molar-refractivity contribution >= 4 is 16.5 Å². The highest BCUT2D eigenvalue weighted by atomic mass is 32.1. The van der Waals surface area contributed by atoms with Crippen molar-refractivity contribution in [3.63, 3.8) is 0 Å². The van der Waals surface area contributed by atoms with Crippen molar-refractivity contribution in [2.75, 3.05) is 4.90 Å². The second-order valence-corrected chi connectivity index (χ2v) is 6.80. The Hall–Kier alpha value is -1.33. The molecule has 1 N–H and O–H groups in total. The van der Waals surface area contributed by atoms with Crippen molar-refractivity contribution in [2.45, 2.75) is 50.9 Å². The number of anilines is 1. The standard InChI is InChI=1S/C15H19N3OS/c1-2-13(19-7-1)10-18(12-5-6-12)15-17-9-14(20-15)8-16-11-3-4-11/h1-2,7,9,11-12,16H,3-6,8,10H2. The minimum absolute atomic E-state index is 0.649. The summed E-state index contributed by atoms with van der Waals surface area (Å²) in [4.78, 5) is 8.34. The maximum absolute atomic E-state index is 5.48. The molecule has 2 aliphatic rings. The quantitative estimate of drug-likeness (QED) is 0.850. The predicted molar refractivity (Wildman–Crippen MR) is 79.9 cm³/mol. The molecular formula is C15H19N3OS. The third kappa shape index (κ3) is 2.88. The smallest absolute Gasteiger partial charge is 0.186 e. The Morgan fingerprint density at radius 2 is 2.25 bits per heavy atom. The third-order valence-electron chi connectivity index (χ3n) is 3.82. The molecule has 4 rings (SSSR count). The van der Waals surface area contributed by atoms with E-state index in [1.165, 1.54) is 30.6 Å². The molecule has 106 valence electrons. The molecule has 0 aliphatic heterocycles. The summed E-state index contributed by atoms with van der Waals surface area (Å²) >= 11 is 1.81. The Bertz CT molecular complexity index is 557. The summed E-state index contributed by atoms with van der Waals surface area (Å²) in [5.41, 5.74) is 0. The van der Waals surface area contributed by atoms with Crippen molar-refractivity contribution in [1.29, 1.82) is 0 Å². The first-order valence-corrected chi connectivity index (χ1v) is 8.17. The first-order valence-electron chi connectivity index (χ1n) is 7.35. The summed E-state index contributed by atoms with van der Waals surface area (Å²) in [6, 6.07) is 5.39. The molecule has 20 heavy (non-hydrogen) atoms. The second kappa shape index (κ2) is 5.22. The summed E-state index contributed by atoms with van der Waals surface area (Å²) in [5.74, 6) is 1.02. The van der Waals surface area contributed by atoms with Crippen LogP contribution in [-0.2, 0) is 13.1 Å². The van der Waals surface area contributed by atoms with E-state index in [1.54, 1.807) is 6.26 Å². The van der Waals surface area contributed by atoms with Crippen molar-refractivity contribution in [3.8, 4) is 0 Å². The lowest BCUT2D eigenvalue weighted by Gasteiger charge is -2.19. The Morgan fingerprint density at radius 3 is 2.95 bits per heavy atom. The van der Waals surface area contributed by atoms with Crippen LogP contribution in [0.3, 0.4) is 0 Å². The molecule has 0 saturated heterocycles. The minimum atomic E-state index is 0.649. The van der Waals surface area contributed by atoms with E-state index in [1.807, 2.05) is 29.7 Å². The van der Waals surface area contributed by atoms with Crippen LogP contribution >= 0.6 is 11.3 Å². The molecule has 0 amide bonds. The number of nitrogens with zero attached hydrogens (tertiary/aromatic N) is 2. The van der Waals surface area contributed by atoms with Crippen LogP contribution in [0.1, 0.15) is 36.3 Å². The largest absolute Gasteiger partial charge is 0.467 e. The number of hydrogen-bond acceptors (Lipinski definition) is 5. The molecule has 2 fully saturated rings. The van der Waals surface area contributed by atoms with Gasteiger partial charge < -0.3 is 14.6 Å². The topological polar surface area (TPSA) is 41.3 Å². The molecule has 0 radical (unpaired) electrons. The first kappa shape index (κ1) is 12.4. The number of thiazole rings is 1. The Balaban J connectivity index is 1.45. The molecule has 5 heteroatoms. The van der Waals surface area contributed by atoms with Gasteiger partial charge in [-0.2, -0.15) is 0 Å². The fraction of sp³-hybridized carbons (Fsp3) is 0.533. The Morgan fingerprint density at radius 1 is 1.35 bits per heavy atom. The van der Waals surface area contributed by atoms with Gasteiger partial charge in [-0.1, -0.05) is 0 Å². The van der Waals surface area contributed by atoms with Crippen molar-refractivity contribution in [2.24, 2.45) is 0 Å². The fourth-order valence-electron chi connectivity index (χ4n) is 2.35. The highest BCUT2D eigenvalue weighted by Crippen LogP contribution is 2.35. The van der Waals surface area contributed by atoms with Gasteiger partial charge in [0, 0.05) is 29.7 Å². The number of nitrogens with one attached hydrogen (secondary N) is 1. The van der Waals surface area contributed by atoms with E-state index in [0.29, 0.717) is 6.04 Å². The summed E-state index contributed by atoms with van der Waals surface area (Å²) in [7, 11) is 0. The average molecular weight is 289 g/mol. The molecule has 0 spiro atoms. The van der Waals surface area contributed by atoms with Crippen LogP contribution in [0.4, 0.5) is 5.13 Å². The third-order valence-corrected chi connectivity index (χ3v) is 4.86. The first-order chi connectivity index (χ1) is 9.88. The van der Waals surface area contributed by atoms with Crippen LogP contribution in [0.2, 0.25) is 0 Å². The van der Waals surface area contributed by atoms with Gasteiger partial charge in [-0.05, 0) is 37.8 Å². The van der Waals surface area contributed by atoms with Gasteiger partial charge in [0.05, 0.1) is 12.8 Å². The molecule has 2 aromatic rings. The van der Waals surface area contributed by atoms with E-state index in [9.17, 15) is 0 Å². The second-order valence-electron chi connectivity index (χ2n) is 5.70. The van der Waals surface area contributed by atoms with Gasteiger partial charge in [-0.25, -0.2) is 4.98 Å². The summed E-state index contributed by atoms with van der Waals surface area (Å²) in [5, 5.41) is 4.68. The number of furan rings is 1. The molecule has 0 aromatic carbocycles. The normalized spacial score (nSPS) is 18.4. The van der Waals surface area contributed by atoms with Crippen LogP contribution in [-0.4, -0.2) is 17.1 Å². The number of rotatable bonds is 7. The van der Waals surface area contributed by atoms with Gasteiger partial charge in [0.25, 0.3) is 0 Å². The van der Waals surface area contributed by atoms with Crippen molar-refractivity contribution < 1.29 is 4.42 Å². The van der Waals surface area contributed by atoms with Gasteiger partial charge in [-0.3, -0.25) is 0 Å². The van der Waals surface area contributed by atoms with Gasteiger partial charge in [0.2, 0.25) is 0 Å². The van der Waals surface area contributed by atoms with Gasteiger partial charge in [0.15, 0.2) is 5.13 Å². The summed E-state index contributed by atoms with van der Waals surface area (Å²) < 4.78 is 5.48. The Labute approximate surface area is 122 Å². The maximum Gasteiger partial charge on any atom is 0.186 e. The molecule has 0 unspecified atom stereocenters. The van der Waals surface area contributed by atoms with E-state index in [-0.39, 0.29) is 0 Å². The summed E-state index contributed by atoms with van der Waals surface area (Å²) in [6.45, 7) is 1.79. The van der Waals surface area contributed by atoms with Gasteiger partial charge in [-0.15, -0.1) is 11.3 Å². The summed E-state index contributed by atoms with van der Waals surface area (Å²) in [6.07, 6.45) is 8.97. The zero-order chi connectivity index (χ0) is 13.4. The molecule has 2 heterocycles. The minimum Gasteiger partial charge on any atom is -0.467 e. The highest BCUT2D eigenvalue weighted by molar-refractivity contribution is 7.15. The lowest BCUT2D eigenvalue weighted by molar-refractivity contribution is 0.501. The van der Waals surface area contributed by atoms with Crippen LogP contribution in [0.15, 0.2) is 29.0 Å². The van der Waals surface area contributed by atoms with Crippen LogP contribution < -0.4 is 10.2 Å². The molecule has 2 saturated carbocycles. The molecule has 0 bridgehead atoms. The molecule has 0 atom stereocenters. The van der Waals surface area contributed by atoms with E-state index in [0.717, 1.165) is 30.0 Å². The van der Waals surface area contributed by atoms with Crippen molar-refractivity contribution in [3.05, 3.63) is 35.2 Å². The zero-order valence-corrected chi connectivity index (χ0v) is 12.2. The van der Waals surface area contributed by atoms with Gasteiger partial charge in [0.1, 0.15) is 5.76 Å². The number of aromatic nitrogens is 1. The van der Waals surface area contributed by atoms with Crippen LogP contribution in [0, 0.1) is 0 Å². The molecule has 2 aromatic heterocycles. The molecule has 4 nitrogen and oxygen atoms in total.